The van der Waals surface area contributed by atoms with E-state index in [2.05, 4.69) is 41.0 Å². The summed E-state index contributed by atoms with van der Waals surface area (Å²) in [5.74, 6) is 2.47. The van der Waals surface area contributed by atoms with Gasteiger partial charge in [0.25, 0.3) is 0 Å². The van der Waals surface area contributed by atoms with Gasteiger partial charge >= 0.3 is 6.72 Å². The van der Waals surface area contributed by atoms with Gasteiger partial charge in [0.1, 0.15) is 64.1 Å². The van der Waals surface area contributed by atoms with Crippen LogP contribution in [0.25, 0.3) is 22.3 Å². The summed E-state index contributed by atoms with van der Waals surface area (Å²) in [4.78, 5) is 39.4. The highest BCUT2D eigenvalue weighted by molar-refractivity contribution is 8.07. The summed E-state index contributed by atoms with van der Waals surface area (Å²) in [7, 11) is 3.75. The van der Waals surface area contributed by atoms with Gasteiger partial charge in [-0.05, 0) is 135 Å². The second-order valence-electron chi connectivity index (χ2n) is 24.6. The number of nitrogens with two attached hydrogens (primary N) is 1. The van der Waals surface area contributed by atoms with Crippen LogP contribution >= 0.6 is 29.9 Å². The van der Waals surface area contributed by atoms with Crippen LogP contribution in [0.5, 0.6) is 23.0 Å². The van der Waals surface area contributed by atoms with E-state index in [0.717, 1.165) is 16.7 Å². The van der Waals surface area contributed by atoms with Crippen molar-refractivity contribution in [2.45, 2.75) is 99.3 Å². The van der Waals surface area contributed by atoms with Crippen molar-refractivity contribution in [3.05, 3.63) is 214 Å². The van der Waals surface area contributed by atoms with Gasteiger partial charge in [-0.25, -0.2) is 18.7 Å². The molecule has 0 aliphatic carbocycles. The van der Waals surface area contributed by atoms with E-state index in [9.17, 15) is 4.89 Å². The van der Waals surface area contributed by atoms with Crippen LogP contribution in [0.2, 0.25) is 28.7 Å². The van der Waals surface area contributed by atoms with Crippen LogP contribution in [0.3, 0.4) is 0 Å². The molecular weight excluding hydrogens is 1330 g/mol. The average molecular weight is 1400 g/mol. The second-order valence-corrected chi connectivity index (χ2v) is 32.9. The first-order valence-electron chi connectivity index (χ1n) is 30.6. The maximum absolute atomic E-state index is 19.1. The third-order valence-corrected chi connectivity index (χ3v) is 24.4. The number of hydrogen-bond acceptors (Lipinski definition) is 19. The van der Waals surface area contributed by atoms with Crippen LogP contribution in [0, 0.1) is 0 Å². The molecule has 4 aromatic heterocycles. The lowest BCUT2D eigenvalue weighted by molar-refractivity contribution is -0.104. The summed E-state index contributed by atoms with van der Waals surface area (Å²) in [6, 6.07) is 48.6. The van der Waals surface area contributed by atoms with Crippen LogP contribution < -0.4 is 30.0 Å². The second kappa shape index (κ2) is 27.6. The molecule has 0 spiro atoms. The summed E-state index contributed by atoms with van der Waals surface area (Å²) < 4.78 is 102. The molecule has 502 valence electrons. The highest BCUT2D eigenvalue weighted by Gasteiger charge is 2.55. The fraction of sp³-hybridized carbons (Fsp3) is 0.324. The van der Waals surface area contributed by atoms with Gasteiger partial charge in [0.15, 0.2) is 61.6 Å². The van der Waals surface area contributed by atoms with E-state index in [1.165, 1.54) is 21.8 Å². The normalized spacial score (nSPS) is 20.7. The molecule has 21 nitrogen and oxygen atoms in total. The number of halogens is 4. The van der Waals surface area contributed by atoms with Crippen LogP contribution in [0.15, 0.2) is 170 Å². The molecule has 4 N–H and O–H groups in total. The molecule has 10 aromatic rings. The number of nitrogens with one attached hydrogen (secondary N) is 1. The first-order chi connectivity index (χ1) is 46.0. The largest absolute Gasteiger partial charge is 0.497 e. The number of aromatic nitrogens is 8. The SMILES string of the molecule is COc1ccc(C(Nc2nc(Cl)nc3c2ncn3[C@@H]2O[C@H](COP(O)(=S)O[C@@H]3C(F)[C@H](n4cnc5c(N)nc(Cl)nc54)O[C@@H]3CO[Si](C)(C)C(C)(C)C)[C@H](OC(c3ccccc3)(c3ccc(OC)cc3)c3ccc(OC)cc3)C2F)(c2ccccc2)c2ccc(OC)cc2)cc1. The van der Waals surface area contributed by atoms with Crippen molar-refractivity contribution in [2.75, 3.05) is 52.7 Å². The molecule has 96 heavy (non-hydrogen) atoms. The van der Waals surface area contributed by atoms with Gasteiger partial charge in [0, 0.05) is 0 Å². The Labute approximate surface area is 569 Å². The molecule has 9 atom stereocenters. The Morgan fingerprint density at radius 2 is 0.990 bits per heavy atom. The summed E-state index contributed by atoms with van der Waals surface area (Å²) in [6.07, 6.45) is -10.6. The molecule has 2 aliphatic heterocycles. The number of nitrogen functional groups attached to an aromatic ring is 1. The van der Waals surface area contributed by atoms with Crippen LogP contribution in [0.4, 0.5) is 20.4 Å². The van der Waals surface area contributed by atoms with Gasteiger partial charge < -0.3 is 58.1 Å². The van der Waals surface area contributed by atoms with Gasteiger partial charge in [-0.1, -0.05) is 130 Å². The predicted octanol–water partition coefficient (Wildman–Crippen LogP) is 13.5. The summed E-state index contributed by atoms with van der Waals surface area (Å²) in [5.41, 5.74) is 7.79. The van der Waals surface area contributed by atoms with E-state index in [1.54, 1.807) is 52.7 Å². The smallest absolute Gasteiger partial charge is 0.325 e. The highest BCUT2D eigenvalue weighted by atomic mass is 35.5. The number of imidazole rings is 2. The number of fused-ring (bicyclic) bond motifs is 2. The van der Waals surface area contributed by atoms with Crippen LogP contribution in [-0.4, -0.2) is 131 Å². The Morgan fingerprint density at radius 1 is 0.583 bits per heavy atom. The first-order valence-corrected chi connectivity index (χ1v) is 36.9. The third kappa shape index (κ3) is 13.2. The van der Waals surface area contributed by atoms with E-state index in [1.807, 2.05) is 147 Å². The van der Waals surface area contributed by atoms with Crippen LogP contribution in [0.1, 0.15) is 66.6 Å². The topological polar surface area (TPSA) is 238 Å². The van der Waals surface area contributed by atoms with Crippen molar-refractivity contribution in [3.8, 4) is 23.0 Å². The molecule has 6 aromatic carbocycles. The van der Waals surface area contributed by atoms with Crippen molar-refractivity contribution in [3.63, 3.8) is 0 Å². The van der Waals surface area contributed by atoms with Crippen LogP contribution in [-0.2, 0) is 50.6 Å². The standard InChI is InChI=1S/C68H71Cl2F2N10O11PSSi/c1-66(2,3)96(8,9)89-37-51-57(53(72)63(91-51)81-38-74-54-58(73)76-64(69)78-60(54)81)93-94(83,95)88-36-50-56(92-68(43-18-14-11-15-19-43,44-24-32-48(86-6)33-25-44)45-26-34-49(87-7)35-27-45)52(71)62(90-50)82-39-75-55-59(77-65(70)79-61(55)82)80-67(40-16-12-10-13-17-40,41-20-28-46(84-4)29-21-41)42-22-30-47(85-5)31-23-42/h10-35,38-39,50-53,56-57,62-63H,36-37H2,1-9H3,(H,83,95)(H2,73,76,78)(H,77,79,80)/t50-,51-,52?,53?,56+,57+,62-,63-,94?/m1/s1. The fourth-order valence-electron chi connectivity index (χ4n) is 12.0. The molecule has 0 bridgehead atoms. The Balaban J connectivity index is 0.957. The average Bonchev–Trinajstić information content (AvgIpc) is 1.26. The number of anilines is 2. The fourth-order valence-corrected chi connectivity index (χ4v) is 14.8. The molecule has 0 amide bonds. The number of hydrogen-bond donors (Lipinski definition) is 3. The van der Waals surface area contributed by atoms with Crippen molar-refractivity contribution in [2.24, 2.45) is 0 Å². The number of methoxy groups -OCH3 is 4. The van der Waals surface area contributed by atoms with E-state index in [0.29, 0.717) is 39.7 Å². The molecule has 3 unspecified atom stereocenters. The zero-order valence-corrected chi connectivity index (χ0v) is 58.0. The number of rotatable bonds is 24. The van der Waals surface area contributed by atoms with Crippen molar-refractivity contribution < 1.29 is 60.3 Å². The Bertz CT molecular complexity index is 4310. The van der Waals surface area contributed by atoms with E-state index in [4.69, 9.17) is 102 Å². The quantitative estimate of drug-likeness (QED) is 0.0221. The predicted molar refractivity (Wildman–Crippen MR) is 366 cm³/mol. The minimum atomic E-state index is -4.65. The summed E-state index contributed by atoms with van der Waals surface area (Å²) in [6.45, 7) is 4.71. The van der Waals surface area contributed by atoms with Gasteiger partial charge in [-0.15, -0.1) is 0 Å². The zero-order valence-electron chi connectivity index (χ0n) is 53.8. The van der Waals surface area contributed by atoms with Crippen molar-refractivity contribution in [1.82, 2.24) is 39.0 Å². The van der Waals surface area contributed by atoms with Gasteiger partial charge in [0.05, 0.1) is 54.3 Å². The van der Waals surface area contributed by atoms with E-state index in [-0.39, 0.29) is 56.2 Å². The zero-order chi connectivity index (χ0) is 67.9. The monoisotopic (exact) mass is 1400 g/mol. The van der Waals surface area contributed by atoms with Crippen molar-refractivity contribution in [1.29, 1.82) is 0 Å². The van der Waals surface area contributed by atoms with Gasteiger partial charge in [0.2, 0.25) is 10.6 Å². The molecule has 28 heteroatoms. The summed E-state index contributed by atoms with van der Waals surface area (Å²) in [5, 5.41) is 3.05. The molecule has 6 heterocycles. The maximum Gasteiger partial charge on any atom is 0.325 e. The number of nitrogens with zero attached hydrogens (tertiary/aromatic N) is 8. The Hall–Kier alpha value is -7.75. The van der Waals surface area contributed by atoms with Gasteiger partial charge in [-0.2, -0.15) is 19.9 Å². The van der Waals surface area contributed by atoms with E-state index < -0.39 is 82.0 Å². The lowest BCUT2D eigenvalue weighted by atomic mass is 9.77. The molecular formula is C68H71Cl2F2N10O11PSSi. The molecule has 2 saturated heterocycles. The minimum Gasteiger partial charge on any atom is -0.497 e. The number of alkyl halides is 2. The minimum absolute atomic E-state index is 0.0401. The third-order valence-electron chi connectivity index (χ3n) is 18.0. The summed E-state index contributed by atoms with van der Waals surface area (Å²) >= 11 is 19.1. The Morgan fingerprint density at radius 3 is 1.47 bits per heavy atom. The lowest BCUT2D eigenvalue weighted by Crippen LogP contribution is -2.45. The van der Waals surface area contributed by atoms with Crippen molar-refractivity contribution >= 4 is 84.0 Å². The molecule has 2 fully saturated rings. The lowest BCUT2D eigenvalue weighted by Gasteiger charge is -2.39. The molecule has 12 rings (SSSR count). The number of benzene rings is 6. The first kappa shape index (κ1) is 68.2. The molecule has 0 saturated carbocycles. The highest BCUT2D eigenvalue weighted by Crippen LogP contribution is 2.53. The van der Waals surface area contributed by atoms with E-state index >= 15 is 8.78 Å². The molecule has 0 radical (unpaired) electrons. The number of ether oxygens (including phenoxy) is 7. The maximum atomic E-state index is 19.1. The molecule has 2 aliphatic rings. The Kier molecular flexibility index (Phi) is 19.6. The van der Waals surface area contributed by atoms with Gasteiger partial charge in [-0.3, -0.25) is 13.7 Å².